The molecule has 0 radical (unpaired) electrons. The molecule has 8 heteroatoms. The maximum atomic E-state index is 12.5. The molecule has 1 aromatic heterocycles. The van der Waals surface area contributed by atoms with Gasteiger partial charge in [-0.1, -0.05) is 17.3 Å². The largest absolute Gasteiger partial charge is 0.416 e. The number of likely N-dealkylation sites (tertiary alicyclic amines) is 1. The molecule has 0 N–H and O–H groups in total. The standard InChI is InChI=1S/C16H17F3N4O/c17-16(18,19)13-4-1-12(2-5-13)3-6-15(24)22-9-7-14(11-22)23-10-8-20-21-23/h1-2,4-5,8,10,14H,3,6-7,9,11H2/t14-/m0/s1. The number of rotatable bonds is 4. The van der Waals surface area contributed by atoms with Crippen LogP contribution >= 0.6 is 0 Å². The minimum absolute atomic E-state index is 0.0116. The van der Waals surface area contributed by atoms with E-state index in [1.165, 1.54) is 12.1 Å². The highest BCUT2D eigenvalue weighted by molar-refractivity contribution is 5.76. The summed E-state index contributed by atoms with van der Waals surface area (Å²) in [6.45, 7) is 1.26. The first-order valence-corrected chi connectivity index (χ1v) is 7.73. The zero-order valence-corrected chi connectivity index (χ0v) is 12.9. The van der Waals surface area contributed by atoms with Gasteiger partial charge in [-0.3, -0.25) is 4.79 Å². The molecule has 128 valence electrons. The number of alkyl halides is 3. The van der Waals surface area contributed by atoms with Crippen LogP contribution in [0, 0.1) is 0 Å². The molecule has 1 aliphatic heterocycles. The van der Waals surface area contributed by atoms with Gasteiger partial charge in [0, 0.05) is 25.7 Å². The van der Waals surface area contributed by atoms with Crippen LogP contribution in [0.3, 0.4) is 0 Å². The molecule has 0 spiro atoms. The highest BCUT2D eigenvalue weighted by Crippen LogP contribution is 2.29. The summed E-state index contributed by atoms with van der Waals surface area (Å²) in [6, 6.07) is 5.10. The maximum absolute atomic E-state index is 12.5. The fourth-order valence-electron chi connectivity index (χ4n) is 2.87. The number of carbonyl (C=O) groups is 1. The molecule has 2 heterocycles. The lowest BCUT2D eigenvalue weighted by Gasteiger charge is -2.16. The molecule has 0 unspecified atom stereocenters. The van der Waals surface area contributed by atoms with Gasteiger partial charge in [-0.05, 0) is 30.5 Å². The topological polar surface area (TPSA) is 51.0 Å². The number of aryl methyl sites for hydroxylation is 1. The Morgan fingerprint density at radius 3 is 2.62 bits per heavy atom. The van der Waals surface area contributed by atoms with Crippen molar-refractivity contribution in [3.63, 3.8) is 0 Å². The second-order valence-corrected chi connectivity index (χ2v) is 5.86. The Hall–Kier alpha value is -2.38. The van der Waals surface area contributed by atoms with Crippen molar-refractivity contribution in [3.8, 4) is 0 Å². The number of halogens is 3. The van der Waals surface area contributed by atoms with Crippen molar-refractivity contribution in [1.82, 2.24) is 19.9 Å². The minimum Gasteiger partial charge on any atom is -0.340 e. The Morgan fingerprint density at radius 2 is 2.00 bits per heavy atom. The molecular formula is C16H17F3N4O. The van der Waals surface area contributed by atoms with Crippen molar-refractivity contribution in [2.75, 3.05) is 13.1 Å². The van der Waals surface area contributed by atoms with Crippen molar-refractivity contribution in [1.29, 1.82) is 0 Å². The van der Waals surface area contributed by atoms with Gasteiger partial charge in [0.25, 0.3) is 0 Å². The van der Waals surface area contributed by atoms with E-state index in [0.29, 0.717) is 19.5 Å². The SMILES string of the molecule is O=C(CCc1ccc(C(F)(F)F)cc1)N1CC[C@H](n2ccnn2)C1. The highest BCUT2D eigenvalue weighted by Gasteiger charge is 2.30. The minimum atomic E-state index is -4.33. The van der Waals surface area contributed by atoms with Gasteiger partial charge in [-0.15, -0.1) is 5.10 Å². The summed E-state index contributed by atoms with van der Waals surface area (Å²) in [6.07, 6.45) is 0.600. The highest BCUT2D eigenvalue weighted by atomic mass is 19.4. The molecule has 2 aromatic rings. The zero-order chi connectivity index (χ0) is 17.2. The first-order chi connectivity index (χ1) is 11.4. The third kappa shape index (κ3) is 3.74. The lowest BCUT2D eigenvalue weighted by atomic mass is 10.1. The molecule has 3 rings (SSSR count). The fraction of sp³-hybridized carbons (Fsp3) is 0.438. The Morgan fingerprint density at radius 1 is 1.25 bits per heavy atom. The molecular weight excluding hydrogens is 321 g/mol. The zero-order valence-electron chi connectivity index (χ0n) is 12.9. The van der Waals surface area contributed by atoms with Crippen LogP contribution in [0.5, 0.6) is 0 Å². The van der Waals surface area contributed by atoms with Gasteiger partial charge >= 0.3 is 6.18 Å². The second kappa shape index (κ2) is 6.62. The van der Waals surface area contributed by atoms with Crippen LogP contribution in [-0.4, -0.2) is 38.9 Å². The fourth-order valence-corrected chi connectivity index (χ4v) is 2.87. The summed E-state index contributed by atoms with van der Waals surface area (Å²) >= 11 is 0. The van der Waals surface area contributed by atoms with E-state index in [9.17, 15) is 18.0 Å². The van der Waals surface area contributed by atoms with E-state index in [0.717, 1.165) is 24.1 Å². The van der Waals surface area contributed by atoms with Crippen molar-refractivity contribution >= 4 is 5.91 Å². The van der Waals surface area contributed by atoms with E-state index in [1.807, 2.05) is 0 Å². The van der Waals surface area contributed by atoms with Crippen LogP contribution < -0.4 is 0 Å². The van der Waals surface area contributed by atoms with Gasteiger partial charge in [0.1, 0.15) is 0 Å². The number of aromatic nitrogens is 3. The average molecular weight is 338 g/mol. The molecule has 1 atom stereocenters. The van der Waals surface area contributed by atoms with Gasteiger partial charge in [-0.2, -0.15) is 13.2 Å². The monoisotopic (exact) mass is 338 g/mol. The third-order valence-corrected chi connectivity index (χ3v) is 4.24. The lowest BCUT2D eigenvalue weighted by Crippen LogP contribution is -2.29. The van der Waals surface area contributed by atoms with Crippen molar-refractivity contribution in [2.24, 2.45) is 0 Å². The average Bonchev–Trinajstić information content (AvgIpc) is 3.22. The first kappa shape index (κ1) is 16.5. The third-order valence-electron chi connectivity index (χ3n) is 4.24. The molecule has 0 bridgehead atoms. The van der Waals surface area contributed by atoms with Crippen LogP contribution in [0.4, 0.5) is 13.2 Å². The molecule has 0 saturated carbocycles. The summed E-state index contributed by atoms with van der Waals surface area (Å²) in [5, 5.41) is 7.72. The Balaban J connectivity index is 1.51. The van der Waals surface area contributed by atoms with E-state index in [1.54, 1.807) is 22.0 Å². The summed E-state index contributed by atoms with van der Waals surface area (Å²) in [5.41, 5.74) is 0.0520. The normalized spacial score (nSPS) is 18.1. The predicted molar refractivity (Wildman–Crippen MR) is 80.0 cm³/mol. The number of benzene rings is 1. The smallest absolute Gasteiger partial charge is 0.340 e. The Bertz CT molecular complexity index is 682. The molecule has 1 amide bonds. The Kier molecular flexibility index (Phi) is 4.55. The molecule has 1 fully saturated rings. The van der Waals surface area contributed by atoms with Crippen LogP contribution in [-0.2, 0) is 17.4 Å². The van der Waals surface area contributed by atoms with Gasteiger partial charge in [0.15, 0.2) is 0 Å². The van der Waals surface area contributed by atoms with Crippen LogP contribution in [0.2, 0.25) is 0 Å². The van der Waals surface area contributed by atoms with Crippen molar-refractivity contribution < 1.29 is 18.0 Å². The van der Waals surface area contributed by atoms with E-state index < -0.39 is 11.7 Å². The molecule has 1 saturated heterocycles. The Labute approximate surface area is 137 Å². The van der Waals surface area contributed by atoms with E-state index in [2.05, 4.69) is 10.3 Å². The number of nitrogens with zero attached hydrogens (tertiary/aromatic N) is 4. The molecule has 1 aliphatic rings. The number of amides is 1. The predicted octanol–water partition coefficient (Wildman–Crippen LogP) is 2.70. The lowest BCUT2D eigenvalue weighted by molar-refractivity contribution is -0.137. The van der Waals surface area contributed by atoms with Gasteiger partial charge in [-0.25, -0.2) is 4.68 Å². The van der Waals surface area contributed by atoms with Crippen LogP contribution in [0.1, 0.15) is 30.0 Å². The van der Waals surface area contributed by atoms with Crippen molar-refractivity contribution in [2.45, 2.75) is 31.5 Å². The molecule has 24 heavy (non-hydrogen) atoms. The maximum Gasteiger partial charge on any atom is 0.416 e. The summed E-state index contributed by atoms with van der Waals surface area (Å²) < 4.78 is 39.3. The quantitative estimate of drug-likeness (QED) is 0.861. The summed E-state index contributed by atoms with van der Waals surface area (Å²) in [5.74, 6) is 0.0116. The van der Waals surface area contributed by atoms with Crippen LogP contribution in [0.15, 0.2) is 36.7 Å². The molecule has 1 aromatic carbocycles. The van der Waals surface area contributed by atoms with Crippen LogP contribution in [0.25, 0.3) is 0 Å². The summed E-state index contributed by atoms with van der Waals surface area (Å²) in [7, 11) is 0. The van der Waals surface area contributed by atoms with E-state index in [-0.39, 0.29) is 18.4 Å². The van der Waals surface area contributed by atoms with E-state index in [4.69, 9.17) is 0 Å². The van der Waals surface area contributed by atoms with Crippen molar-refractivity contribution in [3.05, 3.63) is 47.8 Å². The number of hydrogen-bond acceptors (Lipinski definition) is 3. The van der Waals surface area contributed by atoms with Gasteiger partial charge in [0.2, 0.25) is 5.91 Å². The van der Waals surface area contributed by atoms with Gasteiger partial charge in [0.05, 0.1) is 17.8 Å². The number of carbonyl (C=O) groups excluding carboxylic acids is 1. The molecule has 5 nitrogen and oxygen atoms in total. The molecule has 0 aliphatic carbocycles. The number of hydrogen-bond donors (Lipinski definition) is 0. The first-order valence-electron chi connectivity index (χ1n) is 7.73. The van der Waals surface area contributed by atoms with Gasteiger partial charge < -0.3 is 4.90 Å². The van der Waals surface area contributed by atoms with E-state index >= 15 is 0 Å². The summed E-state index contributed by atoms with van der Waals surface area (Å²) in [4.78, 5) is 14.0. The second-order valence-electron chi connectivity index (χ2n) is 5.86.